The molecule has 0 bridgehead atoms. The molecule has 2 aromatic rings. The van der Waals surface area contributed by atoms with Crippen LogP contribution in [-0.2, 0) is 9.59 Å². The highest BCUT2D eigenvalue weighted by Gasteiger charge is 2.39. The Bertz CT molecular complexity index is 1170. The zero-order valence-electron chi connectivity index (χ0n) is 20.5. The molecule has 0 spiro atoms. The topological polar surface area (TPSA) is 80.2 Å². The van der Waals surface area contributed by atoms with Crippen molar-refractivity contribution in [1.29, 1.82) is 0 Å². The van der Waals surface area contributed by atoms with Crippen LogP contribution in [0.1, 0.15) is 38.5 Å². The number of anilines is 1. The Balaban J connectivity index is 1.50. The quantitative estimate of drug-likeness (QED) is 0.437. The van der Waals surface area contributed by atoms with Crippen molar-refractivity contribution < 1.29 is 23.5 Å². The molecule has 0 aromatic heterocycles. The number of hydrogen-bond donors (Lipinski definition) is 1. The molecule has 1 atom stereocenters. The molecule has 4 rings (SSSR count). The van der Waals surface area contributed by atoms with Gasteiger partial charge in [0, 0.05) is 19.0 Å². The molecule has 1 heterocycles. The lowest BCUT2D eigenvalue weighted by Crippen LogP contribution is -2.34. The first-order chi connectivity index (χ1) is 17.5. The predicted octanol–water partition coefficient (Wildman–Crippen LogP) is 5.69. The highest BCUT2D eigenvalue weighted by molar-refractivity contribution is 8.15. The Hall–Kier alpha value is -3.33. The summed E-state index contributed by atoms with van der Waals surface area (Å²) in [4.78, 5) is 32.6. The monoisotopic (exact) mass is 511 g/mol. The van der Waals surface area contributed by atoms with Gasteiger partial charge >= 0.3 is 0 Å². The number of amidine groups is 1. The number of ether oxygens (including phenoxy) is 2. The lowest BCUT2D eigenvalue weighted by atomic mass is 9.97. The SMILES string of the molecule is COc1ccc(OC)c(NC(=O)C[C@@H]2SC(=Nc3ccc(F)cc3)N(CCC3=CCCCC3)C2=O)c1. The largest absolute Gasteiger partial charge is 0.497 e. The summed E-state index contributed by atoms with van der Waals surface area (Å²) in [5.74, 6) is 0.262. The van der Waals surface area contributed by atoms with E-state index in [1.165, 1.54) is 49.4 Å². The molecule has 190 valence electrons. The summed E-state index contributed by atoms with van der Waals surface area (Å²) < 4.78 is 23.9. The first-order valence-electron chi connectivity index (χ1n) is 12.0. The minimum Gasteiger partial charge on any atom is -0.497 e. The molecule has 1 aliphatic heterocycles. The molecule has 1 saturated heterocycles. The Kier molecular flexibility index (Phi) is 8.64. The Morgan fingerprint density at radius 2 is 1.97 bits per heavy atom. The molecule has 7 nitrogen and oxygen atoms in total. The van der Waals surface area contributed by atoms with Crippen molar-refractivity contribution in [3.8, 4) is 11.5 Å². The molecule has 2 aliphatic rings. The third-order valence-electron chi connectivity index (χ3n) is 6.16. The van der Waals surface area contributed by atoms with Gasteiger partial charge in [-0.2, -0.15) is 0 Å². The number of halogens is 1. The number of methoxy groups -OCH3 is 2. The summed E-state index contributed by atoms with van der Waals surface area (Å²) in [6.45, 7) is 0.500. The smallest absolute Gasteiger partial charge is 0.242 e. The summed E-state index contributed by atoms with van der Waals surface area (Å²) in [5, 5.41) is 2.75. The normalized spacial score (nSPS) is 18.8. The summed E-state index contributed by atoms with van der Waals surface area (Å²) >= 11 is 1.27. The first-order valence-corrected chi connectivity index (χ1v) is 12.9. The van der Waals surface area contributed by atoms with Crippen LogP contribution >= 0.6 is 11.8 Å². The number of thioether (sulfide) groups is 1. The van der Waals surface area contributed by atoms with Gasteiger partial charge in [0.15, 0.2) is 5.17 Å². The van der Waals surface area contributed by atoms with Gasteiger partial charge in [-0.05, 0) is 68.5 Å². The van der Waals surface area contributed by atoms with Gasteiger partial charge in [0.05, 0.1) is 25.6 Å². The molecular weight excluding hydrogens is 481 g/mol. The average Bonchev–Trinajstić information content (AvgIpc) is 3.17. The second-order valence-corrected chi connectivity index (χ2v) is 9.81. The fourth-order valence-corrected chi connectivity index (χ4v) is 5.41. The first kappa shape index (κ1) is 25.8. The average molecular weight is 512 g/mol. The minimum absolute atomic E-state index is 0.0223. The number of carbonyl (C=O) groups excluding carboxylic acids is 2. The van der Waals surface area contributed by atoms with Gasteiger partial charge in [-0.3, -0.25) is 14.5 Å². The van der Waals surface area contributed by atoms with E-state index >= 15 is 0 Å². The van der Waals surface area contributed by atoms with Crippen molar-refractivity contribution in [1.82, 2.24) is 4.90 Å². The Morgan fingerprint density at radius 1 is 1.17 bits per heavy atom. The molecule has 1 N–H and O–H groups in total. The van der Waals surface area contributed by atoms with Crippen molar-refractivity contribution >= 4 is 40.1 Å². The van der Waals surface area contributed by atoms with Crippen molar-refractivity contribution in [2.45, 2.75) is 43.8 Å². The fraction of sp³-hybridized carbons (Fsp3) is 0.370. The van der Waals surface area contributed by atoms with Crippen LogP contribution in [0.2, 0.25) is 0 Å². The van der Waals surface area contributed by atoms with Gasteiger partial charge in [0.25, 0.3) is 0 Å². The van der Waals surface area contributed by atoms with Crippen molar-refractivity contribution in [3.63, 3.8) is 0 Å². The van der Waals surface area contributed by atoms with Gasteiger partial charge in [-0.1, -0.05) is 23.4 Å². The predicted molar refractivity (Wildman–Crippen MR) is 141 cm³/mol. The Labute approximate surface area is 214 Å². The number of nitrogens with zero attached hydrogens (tertiary/aromatic N) is 2. The van der Waals surface area contributed by atoms with Crippen molar-refractivity contribution in [2.75, 3.05) is 26.1 Å². The number of allylic oxidation sites excluding steroid dienone is 1. The second kappa shape index (κ2) is 12.1. The van der Waals surface area contributed by atoms with E-state index in [9.17, 15) is 14.0 Å². The van der Waals surface area contributed by atoms with E-state index in [1.54, 1.807) is 42.3 Å². The van der Waals surface area contributed by atoms with Gasteiger partial charge in [-0.15, -0.1) is 0 Å². The summed E-state index contributed by atoms with van der Waals surface area (Å²) in [6.07, 6.45) is 7.51. The number of amides is 2. The van der Waals surface area contributed by atoms with E-state index in [0.29, 0.717) is 34.6 Å². The van der Waals surface area contributed by atoms with E-state index in [4.69, 9.17) is 9.47 Å². The molecule has 2 amide bonds. The van der Waals surface area contributed by atoms with Crippen LogP contribution in [-0.4, -0.2) is 47.9 Å². The Morgan fingerprint density at radius 3 is 2.67 bits per heavy atom. The van der Waals surface area contributed by atoms with Crippen molar-refractivity contribution in [3.05, 3.63) is 59.9 Å². The molecule has 0 saturated carbocycles. The van der Waals surface area contributed by atoms with Crippen LogP contribution in [0.15, 0.2) is 59.1 Å². The van der Waals surface area contributed by atoms with Gasteiger partial charge in [0.2, 0.25) is 11.8 Å². The third-order valence-corrected chi connectivity index (χ3v) is 7.34. The number of nitrogens with one attached hydrogen (secondary N) is 1. The van der Waals surface area contributed by atoms with E-state index in [0.717, 1.165) is 19.3 Å². The van der Waals surface area contributed by atoms with Crippen LogP contribution in [0, 0.1) is 5.82 Å². The molecule has 2 aromatic carbocycles. The minimum atomic E-state index is -0.610. The second-order valence-electron chi connectivity index (χ2n) is 8.64. The molecule has 1 fully saturated rings. The summed E-state index contributed by atoms with van der Waals surface area (Å²) in [6, 6.07) is 10.9. The van der Waals surface area contributed by atoms with Gasteiger partial charge in [-0.25, -0.2) is 9.38 Å². The van der Waals surface area contributed by atoms with Crippen LogP contribution in [0.25, 0.3) is 0 Å². The maximum absolute atomic E-state index is 13.4. The van der Waals surface area contributed by atoms with Crippen LogP contribution in [0.5, 0.6) is 11.5 Å². The van der Waals surface area contributed by atoms with E-state index in [1.807, 2.05) is 0 Å². The zero-order valence-corrected chi connectivity index (χ0v) is 21.3. The lowest BCUT2D eigenvalue weighted by Gasteiger charge is -2.19. The number of hydrogen-bond acceptors (Lipinski definition) is 6. The van der Waals surface area contributed by atoms with Gasteiger partial charge < -0.3 is 14.8 Å². The molecule has 36 heavy (non-hydrogen) atoms. The molecular formula is C27H30FN3O4S. The number of rotatable bonds is 9. The maximum atomic E-state index is 13.4. The number of benzene rings is 2. The number of carbonyl (C=O) groups is 2. The van der Waals surface area contributed by atoms with E-state index < -0.39 is 5.25 Å². The van der Waals surface area contributed by atoms with Crippen LogP contribution in [0.3, 0.4) is 0 Å². The summed E-state index contributed by atoms with van der Waals surface area (Å²) in [7, 11) is 3.06. The third kappa shape index (κ3) is 6.46. The van der Waals surface area contributed by atoms with Gasteiger partial charge in [0.1, 0.15) is 22.6 Å². The van der Waals surface area contributed by atoms with Crippen LogP contribution in [0.4, 0.5) is 15.8 Å². The maximum Gasteiger partial charge on any atom is 0.242 e. The summed E-state index contributed by atoms with van der Waals surface area (Å²) in [5.41, 5.74) is 2.38. The molecule has 9 heteroatoms. The standard InChI is InChI=1S/C27H30FN3O4S/c1-34-21-12-13-23(35-2)22(16-21)30-25(32)17-24-26(33)31(15-14-18-6-4-3-5-7-18)27(36-24)29-20-10-8-19(28)9-11-20/h6,8-13,16,24H,3-5,7,14-15,17H2,1-2H3,(H,30,32)/t24-/m0/s1. The highest BCUT2D eigenvalue weighted by Crippen LogP contribution is 2.34. The fourth-order valence-electron chi connectivity index (χ4n) is 4.23. The highest BCUT2D eigenvalue weighted by atomic mass is 32.2. The van der Waals surface area contributed by atoms with Crippen LogP contribution < -0.4 is 14.8 Å². The van der Waals surface area contributed by atoms with E-state index in [-0.39, 0.29) is 24.1 Å². The van der Waals surface area contributed by atoms with Crippen molar-refractivity contribution in [2.24, 2.45) is 4.99 Å². The molecule has 0 unspecified atom stereocenters. The lowest BCUT2D eigenvalue weighted by molar-refractivity contribution is -0.128. The molecule has 1 aliphatic carbocycles. The van der Waals surface area contributed by atoms with E-state index in [2.05, 4.69) is 16.4 Å². The number of aliphatic imine (C=N–C) groups is 1. The molecule has 0 radical (unpaired) electrons. The zero-order chi connectivity index (χ0) is 25.5.